The van der Waals surface area contributed by atoms with Crippen LogP contribution in [0, 0.1) is 0 Å². The molecule has 0 heterocycles. The van der Waals surface area contributed by atoms with Crippen LogP contribution in [0.1, 0.15) is 6.42 Å². The third kappa shape index (κ3) is 25.7. The smallest absolute Gasteiger partial charge is 0.693 e. The Kier molecular flexibility index (Phi) is 25.7. The van der Waals surface area contributed by atoms with Crippen LogP contribution < -0.4 is 0 Å². The first-order valence-electron chi connectivity index (χ1n) is 1.56. The summed E-state index contributed by atoms with van der Waals surface area (Å²) >= 11 is 0. The van der Waals surface area contributed by atoms with E-state index in [1.54, 1.807) is 0 Å². The van der Waals surface area contributed by atoms with Crippen LogP contribution in [0.25, 0.3) is 12.3 Å². The van der Waals surface area contributed by atoms with Crippen LogP contribution in [-0.4, -0.2) is 22.2 Å². The first kappa shape index (κ1) is 22.7. The molecule has 0 aliphatic rings. The number of carboxylic acids is 2. The predicted molar refractivity (Wildman–Crippen MR) is 30.5 cm³/mol. The Hall–Kier alpha value is -0.452. The van der Waals surface area contributed by atoms with E-state index < -0.39 is 18.4 Å². The standard InChI is InChI=1S/C3H4O4.2H2N.Pt/c4-2(5)1-3(6)7;;;/h1H2,(H,4,5)(H,6,7);2*1H2;/q;2*-1;+4. The van der Waals surface area contributed by atoms with Crippen molar-refractivity contribution in [1.82, 2.24) is 0 Å². The van der Waals surface area contributed by atoms with E-state index in [0.29, 0.717) is 0 Å². The number of nitrogens with two attached hydrogens (primary N) is 2. The summed E-state index contributed by atoms with van der Waals surface area (Å²) in [6, 6.07) is 0. The average molecular weight is 331 g/mol. The van der Waals surface area contributed by atoms with Crippen molar-refractivity contribution in [3.8, 4) is 0 Å². The quantitative estimate of drug-likeness (QED) is 0.727. The maximum atomic E-state index is 9.43. The summed E-state index contributed by atoms with van der Waals surface area (Å²) in [5, 5.41) is 15.4. The number of hydrogen-bond acceptors (Lipinski definition) is 2. The molecule has 0 saturated heterocycles. The molecule has 0 aromatic heterocycles. The molecule has 0 rings (SSSR count). The van der Waals surface area contributed by atoms with Crippen LogP contribution in [0.2, 0.25) is 0 Å². The molecule has 0 aromatic carbocycles. The number of carboxylic acid groups (broad SMARTS) is 2. The molecule has 0 aliphatic carbocycles. The minimum absolute atomic E-state index is 0. The molecule has 6 nitrogen and oxygen atoms in total. The van der Waals surface area contributed by atoms with Crippen LogP contribution in [0.4, 0.5) is 0 Å². The van der Waals surface area contributed by atoms with E-state index in [-0.39, 0.29) is 33.4 Å². The van der Waals surface area contributed by atoms with Crippen molar-refractivity contribution in [3.63, 3.8) is 0 Å². The van der Waals surface area contributed by atoms with Gasteiger partial charge in [0.05, 0.1) is 0 Å². The molecule has 10 heavy (non-hydrogen) atoms. The van der Waals surface area contributed by atoms with E-state index in [9.17, 15) is 9.59 Å². The summed E-state index contributed by atoms with van der Waals surface area (Å²) in [7, 11) is 0. The van der Waals surface area contributed by atoms with Crippen LogP contribution >= 0.6 is 0 Å². The van der Waals surface area contributed by atoms with Crippen LogP contribution in [0.15, 0.2) is 0 Å². The van der Waals surface area contributed by atoms with Gasteiger partial charge in [0.2, 0.25) is 0 Å². The zero-order valence-corrected chi connectivity index (χ0v) is 7.16. The molecular formula is C3H8N2O4Pt+2. The summed E-state index contributed by atoms with van der Waals surface area (Å²) in [6.45, 7) is 0. The van der Waals surface area contributed by atoms with Crippen molar-refractivity contribution in [3.05, 3.63) is 12.3 Å². The van der Waals surface area contributed by atoms with Gasteiger partial charge < -0.3 is 22.5 Å². The van der Waals surface area contributed by atoms with Gasteiger partial charge in [-0.15, -0.1) is 0 Å². The van der Waals surface area contributed by atoms with Gasteiger partial charge in [-0.3, -0.25) is 9.59 Å². The molecule has 0 bridgehead atoms. The maximum absolute atomic E-state index is 9.43. The van der Waals surface area contributed by atoms with Gasteiger partial charge in [0.1, 0.15) is 6.42 Å². The van der Waals surface area contributed by atoms with Gasteiger partial charge in [0, 0.05) is 0 Å². The SMILES string of the molecule is O=C(O)CC(=O)O.[NH2-].[NH2-].[Pt+4]. The molecule has 0 atom stereocenters. The van der Waals surface area contributed by atoms with Crippen molar-refractivity contribution in [2.75, 3.05) is 0 Å². The third-order valence-electron chi connectivity index (χ3n) is 0.302. The first-order chi connectivity index (χ1) is 3.13. The summed E-state index contributed by atoms with van der Waals surface area (Å²) in [5.74, 6) is -2.62. The third-order valence-corrected chi connectivity index (χ3v) is 0.302. The van der Waals surface area contributed by atoms with Gasteiger partial charge in [-0.2, -0.15) is 0 Å². The molecule has 6 N–H and O–H groups in total. The number of carbonyl (C=O) groups is 2. The van der Waals surface area contributed by atoms with Gasteiger partial charge >= 0.3 is 33.0 Å². The molecule has 0 aliphatic heterocycles. The fraction of sp³-hybridized carbons (Fsp3) is 0.333. The molecule has 0 unspecified atom stereocenters. The Bertz CT molecular complexity index is 94.7. The van der Waals surface area contributed by atoms with E-state index >= 15 is 0 Å². The van der Waals surface area contributed by atoms with Gasteiger partial charge in [-0.25, -0.2) is 0 Å². The molecule has 0 aromatic rings. The molecule has 0 saturated carbocycles. The van der Waals surface area contributed by atoms with Gasteiger partial charge in [-0.05, 0) is 0 Å². The molecule has 0 spiro atoms. The Morgan fingerprint density at radius 2 is 1.20 bits per heavy atom. The van der Waals surface area contributed by atoms with E-state index in [0.717, 1.165) is 0 Å². The minimum atomic E-state index is -1.31. The Labute approximate surface area is 72.0 Å². The summed E-state index contributed by atoms with van der Waals surface area (Å²) in [4.78, 5) is 18.9. The number of hydrogen-bond donors (Lipinski definition) is 2. The average Bonchev–Trinajstić information content (AvgIpc) is 1.27. The van der Waals surface area contributed by atoms with Crippen molar-refractivity contribution in [1.29, 1.82) is 0 Å². The first-order valence-corrected chi connectivity index (χ1v) is 1.56. The van der Waals surface area contributed by atoms with E-state index in [4.69, 9.17) is 10.2 Å². The normalized spacial score (nSPS) is 5.60. The topological polar surface area (TPSA) is 142 Å². The summed E-state index contributed by atoms with van der Waals surface area (Å²) in [5.41, 5.74) is 0. The van der Waals surface area contributed by atoms with Gasteiger partial charge in [-0.1, -0.05) is 0 Å². The zero-order valence-electron chi connectivity index (χ0n) is 4.89. The molecule has 62 valence electrons. The van der Waals surface area contributed by atoms with Gasteiger partial charge in [0.25, 0.3) is 0 Å². The molecule has 0 amide bonds. The Morgan fingerprint density at radius 3 is 1.20 bits per heavy atom. The molecule has 0 radical (unpaired) electrons. The minimum Gasteiger partial charge on any atom is -0.693 e. The largest absolute Gasteiger partial charge is 4.00 e. The molecule has 0 fully saturated rings. The van der Waals surface area contributed by atoms with E-state index in [1.165, 1.54) is 0 Å². The Morgan fingerprint density at radius 1 is 1.00 bits per heavy atom. The van der Waals surface area contributed by atoms with Crippen molar-refractivity contribution >= 4 is 11.9 Å². The zero-order chi connectivity index (χ0) is 5.86. The predicted octanol–water partition coefficient (Wildman–Crippen LogP) is 0.977. The van der Waals surface area contributed by atoms with Gasteiger partial charge in [0.15, 0.2) is 0 Å². The van der Waals surface area contributed by atoms with Crippen molar-refractivity contribution < 1.29 is 40.9 Å². The molecule has 7 heteroatoms. The fourth-order valence-electron chi connectivity index (χ4n) is 0.129. The van der Waals surface area contributed by atoms with E-state index in [2.05, 4.69) is 0 Å². The van der Waals surface area contributed by atoms with Crippen LogP contribution in [0.3, 0.4) is 0 Å². The summed E-state index contributed by atoms with van der Waals surface area (Å²) < 4.78 is 0. The number of aliphatic carboxylic acids is 2. The summed E-state index contributed by atoms with van der Waals surface area (Å²) in [6.07, 6.45) is -0.806. The van der Waals surface area contributed by atoms with Crippen molar-refractivity contribution in [2.45, 2.75) is 6.42 Å². The molecular weight excluding hydrogens is 323 g/mol. The van der Waals surface area contributed by atoms with Crippen molar-refractivity contribution in [2.24, 2.45) is 0 Å². The van der Waals surface area contributed by atoms with Crippen LogP contribution in [0.5, 0.6) is 0 Å². The second kappa shape index (κ2) is 11.4. The maximum Gasteiger partial charge on any atom is 4.00 e. The van der Waals surface area contributed by atoms with E-state index in [1.807, 2.05) is 0 Å². The number of rotatable bonds is 2. The second-order valence-corrected chi connectivity index (χ2v) is 0.964. The Balaban J connectivity index is -0.0000000600. The monoisotopic (exact) mass is 331 g/mol. The second-order valence-electron chi connectivity index (χ2n) is 0.964. The van der Waals surface area contributed by atoms with Crippen LogP contribution in [-0.2, 0) is 30.7 Å². The fourth-order valence-corrected chi connectivity index (χ4v) is 0.129.